The van der Waals surface area contributed by atoms with Crippen molar-refractivity contribution < 1.29 is 4.39 Å². The molecule has 144 valence electrons. The number of benzene rings is 1. The minimum atomic E-state index is -0.446. The van der Waals surface area contributed by atoms with E-state index < -0.39 is 5.82 Å². The van der Waals surface area contributed by atoms with E-state index in [1.54, 1.807) is 24.0 Å². The van der Waals surface area contributed by atoms with E-state index >= 15 is 0 Å². The fourth-order valence-corrected chi connectivity index (χ4v) is 4.43. The SMILES string of the molecule is CN1CCN(c2nc3c(=O)[nH]c(-c4cc(F)c5nn(C)cc5c4)nc3s2)CC1. The second-order valence-electron chi connectivity index (χ2n) is 7.05. The molecule has 0 saturated carbocycles. The predicted molar refractivity (Wildman–Crippen MR) is 107 cm³/mol. The second kappa shape index (κ2) is 6.35. The fraction of sp³-hybridized carbons (Fsp3) is 0.333. The summed E-state index contributed by atoms with van der Waals surface area (Å²) in [5.41, 5.74) is 0.810. The highest BCUT2D eigenvalue weighted by Gasteiger charge is 2.20. The van der Waals surface area contributed by atoms with E-state index in [9.17, 15) is 9.18 Å². The third-order valence-corrected chi connectivity index (χ3v) is 5.99. The molecule has 1 aliphatic heterocycles. The van der Waals surface area contributed by atoms with Crippen LogP contribution in [0.15, 0.2) is 23.1 Å². The van der Waals surface area contributed by atoms with E-state index in [-0.39, 0.29) is 5.56 Å². The Morgan fingerprint density at radius 2 is 1.89 bits per heavy atom. The predicted octanol–water partition coefficient (Wildman–Crippen LogP) is 1.82. The summed E-state index contributed by atoms with van der Waals surface area (Å²) in [7, 11) is 3.83. The number of aromatic nitrogens is 5. The summed E-state index contributed by atoms with van der Waals surface area (Å²) in [5, 5.41) is 5.56. The number of hydrogen-bond donors (Lipinski definition) is 1. The first-order chi connectivity index (χ1) is 13.5. The average molecular weight is 399 g/mol. The van der Waals surface area contributed by atoms with Gasteiger partial charge in [-0.2, -0.15) is 5.10 Å². The molecule has 4 heterocycles. The number of rotatable bonds is 2. The Morgan fingerprint density at radius 1 is 1.11 bits per heavy atom. The maximum absolute atomic E-state index is 14.4. The minimum absolute atomic E-state index is 0.296. The van der Waals surface area contributed by atoms with Gasteiger partial charge in [-0.15, -0.1) is 0 Å². The van der Waals surface area contributed by atoms with Crippen LogP contribution in [0.4, 0.5) is 9.52 Å². The largest absolute Gasteiger partial charge is 0.345 e. The van der Waals surface area contributed by atoms with Gasteiger partial charge in [0, 0.05) is 50.4 Å². The van der Waals surface area contributed by atoms with Crippen LogP contribution in [-0.2, 0) is 7.05 Å². The Balaban J connectivity index is 1.58. The molecule has 0 spiro atoms. The van der Waals surface area contributed by atoms with Crippen molar-refractivity contribution in [2.75, 3.05) is 38.1 Å². The van der Waals surface area contributed by atoms with Crippen LogP contribution in [0.3, 0.4) is 0 Å². The summed E-state index contributed by atoms with van der Waals surface area (Å²) in [6, 6.07) is 3.12. The monoisotopic (exact) mass is 399 g/mol. The Kier molecular flexibility index (Phi) is 3.91. The van der Waals surface area contributed by atoms with Crippen LogP contribution in [0.2, 0.25) is 0 Å². The summed E-state index contributed by atoms with van der Waals surface area (Å²) in [6.07, 6.45) is 1.73. The molecule has 1 aromatic carbocycles. The molecule has 3 aromatic heterocycles. The van der Waals surface area contributed by atoms with Crippen molar-refractivity contribution in [3.63, 3.8) is 0 Å². The quantitative estimate of drug-likeness (QED) is 0.554. The van der Waals surface area contributed by atoms with Gasteiger partial charge in [-0.3, -0.25) is 9.48 Å². The molecule has 1 fully saturated rings. The first kappa shape index (κ1) is 17.3. The molecule has 0 atom stereocenters. The van der Waals surface area contributed by atoms with Gasteiger partial charge in [0.15, 0.2) is 21.3 Å². The molecular weight excluding hydrogens is 381 g/mol. The number of fused-ring (bicyclic) bond motifs is 2. The maximum atomic E-state index is 14.4. The van der Waals surface area contributed by atoms with Gasteiger partial charge in [0.2, 0.25) is 0 Å². The molecule has 28 heavy (non-hydrogen) atoms. The zero-order chi connectivity index (χ0) is 19.4. The van der Waals surface area contributed by atoms with Crippen LogP contribution in [0.5, 0.6) is 0 Å². The first-order valence-electron chi connectivity index (χ1n) is 8.95. The lowest BCUT2D eigenvalue weighted by Crippen LogP contribution is -2.44. The number of aromatic amines is 1. The third kappa shape index (κ3) is 2.85. The number of halogens is 1. The minimum Gasteiger partial charge on any atom is -0.345 e. The molecular formula is C18H18FN7OS. The highest BCUT2D eigenvalue weighted by molar-refractivity contribution is 7.21. The molecule has 1 saturated heterocycles. The van der Waals surface area contributed by atoms with Gasteiger partial charge in [0.1, 0.15) is 11.3 Å². The maximum Gasteiger partial charge on any atom is 0.278 e. The average Bonchev–Trinajstić information content (AvgIpc) is 3.26. The Bertz CT molecular complexity index is 1250. The molecule has 8 nitrogen and oxygen atoms in total. The van der Waals surface area contributed by atoms with Crippen molar-refractivity contribution >= 4 is 37.7 Å². The van der Waals surface area contributed by atoms with Crippen LogP contribution < -0.4 is 10.5 Å². The van der Waals surface area contributed by atoms with Crippen molar-refractivity contribution in [3.05, 3.63) is 34.5 Å². The molecule has 4 aromatic rings. The van der Waals surface area contributed by atoms with Crippen molar-refractivity contribution in [1.82, 2.24) is 29.6 Å². The van der Waals surface area contributed by atoms with Crippen molar-refractivity contribution in [3.8, 4) is 11.4 Å². The summed E-state index contributed by atoms with van der Waals surface area (Å²) < 4.78 is 16.0. The summed E-state index contributed by atoms with van der Waals surface area (Å²) in [6.45, 7) is 3.64. The van der Waals surface area contributed by atoms with Gasteiger partial charge in [-0.25, -0.2) is 14.4 Å². The van der Waals surface area contributed by atoms with Gasteiger partial charge < -0.3 is 14.8 Å². The zero-order valence-corrected chi connectivity index (χ0v) is 16.3. The van der Waals surface area contributed by atoms with Crippen LogP contribution in [-0.4, -0.2) is 62.9 Å². The fourth-order valence-electron chi connectivity index (χ4n) is 3.44. The lowest BCUT2D eigenvalue weighted by molar-refractivity contribution is 0.313. The van der Waals surface area contributed by atoms with Gasteiger partial charge in [-0.1, -0.05) is 11.3 Å². The number of nitrogens with one attached hydrogen (secondary N) is 1. The topological polar surface area (TPSA) is 82.9 Å². The van der Waals surface area contributed by atoms with Gasteiger partial charge >= 0.3 is 0 Å². The third-order valence-electron chi connectivity index (χ3n) is 4.98. The molecule has 0 aliphatic carbocycles. The molecule has 1 aliphatic rings. The molecule has 0 amide bonds. The van der Waals surface area contributed by atoms with E-state index in [2.05, 4.69) is 36.9 Å². The number of thiazole rings is 1. The van der Waals surface area contributed by atoms with Crippen LogP contribution in [0, 0.1) is 5.82 Å². The smallest absolute Gasteiger partial charge is 0.278 e. The Morgan fingerprint density at radius 3 is 2.68 bits per heavy atom. The number of H-pyrrole nitrogens is 1. The number of hydrogen-bond acceptors (Lipinski definition) is 7. The summed E-state index contributed by atoms with van der Waals surface area (Å²) in [4.78, 5) is 29.4. The van der Waals surface area contributed by atoms with E-state index in [1.165, 1.54) is 17.4 Å². The van der Waals surface area contributed by atoms with E-state index in [4.69, 9.17) is 0 Å². The van der Waals surface area contributed by atoms with E-state index in [0.717, 1.165) is 31.3 Å². The molecule has 1 N–H and O–H groups in total. The number of aryl methyl sites for hydroxylation is 1. The lowest BCUT2D eigenvalue weighted by atomic mass is 10.1. The first-order valence-corrected chi connectivity index (χ1v) is 9.77. The van der Waals surface area contributed by atoms with E-state index in [0.29, 0.717) is 32.6 Å². The normalized spacial score (nSPS) is 15.8. The molecule has 5 rings (SSSR count). The molecule has 10 heteroatoms. The number of likely N-dealkylation sites (N-methyl/N-ethyl adjacent to an activating group) is 1. The second-order valence-corrected chi connectivity index (χ2v) is 8.01. The van der Waals surface area contributed by atoms with Gasteiger partial charge in [-0.05, 0) is 19.2 Å². The van der Waals surface area contributed by atoms with Crippen molar-refractivity contribution in [2.45, 2.75) is 0 Å². The molecule has 0 bridgehead atoms. The van der Waals surface area contributed by atoms with Crippen LogP contribution in [0.25, 0.3) is 32.6 Å². The molecule has 0 radical (unpaired) electrons. The number of piperazine rings is 1. The van der Waals surface area contributed by atoms with Crippen LogP contribution in [0.1, 0.15) is 0 Å². The van der Waals surface area contributed by atoms with E-state index in [1.807, 2.05) is 0 Å². The summed E-state index contributed by atoms with van der Waals surface area (Å²) in [5.74, 6) is -0.117. The zero-order valence-electron chi connectivity index (χ0n) is 15.4. The van der Waals surface area contributed by atoms with Gasteiger partial charge in [0.05, 0.1) is 0 Å². The standard InChI is InChI=1S/C18H18FN7OS/c1-24-3-5-26(6-4-24)18-20-14-16(27)21-15(22-17(14)28-18)10-7-11-9-25(2)23-13(11)12(19)8-10/h7-9H,3-6H2,1-2H3,(H,21,22,27). The number of nitrogens with zero attached hydrogens (tertiary/aromatic N) is 6. The van der Waals surface area contributed by atoms with Crippen molar-refractivity contribution in [1.29, 1.82) is 0 Å². The Hall–Kier alpha value is -2.85. The summed E-state index contributed by atoms with van der Waals surface area (Å²) >= 11 is 1.39. The Labute approximate surface area is 163 Å². The van der Waals surface area contributed by atoms with Gasteiger partial charge in [0.25, 0.3) is 5.56 Å². The van der Waals surface area contributed by atoms with Crippen molar-refractivity contribution in [2.24, 2.45) is 7.05 Å². The van der Waals surface area contributed by atoms with Crippen LogP contribution >= 0.6 is 11.3 Å². The highest BCUT2D eigenvalue weighted by atomic mass is 32.1. The highest BCUT2D eigenvalue weighted by Crippen LogP contribution is 2.29. The lowest BCUT2D eigenvalue weighted by Gasteiger charge is -2.31. The molecule has 0 unspecified atom stereocenters. The number of anilines is 1.